The lowest BCUT2D eigenvalue weighted by atomic mass is 9.99. The minimum absolute atomic E-state index is 0.0461. The SMILES string of the molecule is O=C(NC1CCN(Cc2ccccc2)C1)c1ccccc1-c1ccc(O)cc1. The third kappa shape index (κ3) is 4.24. The van der Waals surface area contributed by atoms with E-state index < -0.39 is 0 Å². The van der Waals surface area contributed by atoms with E-state index in [-0.39, 0.29) is 17.7 Å². The minimum atomic E-state index is -0.0461. The molecule has 0 saturated carbocycles. The highest BCUT2D eigenvalue weighted by atomic mass is 16.3. The van der Waals surface area contributed by atoms with Crippen molar-refractivity contribution >= 4 is 5.91 Å². The molecular formula is C24H24N2O2. The highest BCUT2D eigenvalue weighted by molar-refractivity contribution is 6.01. The lowest BCUT2D eigenvalue weighted by Gasteiger charge is -2.17. The largest absolute Gasteiger partial charge is 0.508 e. The van der Waals surface area contributed by atoms with E-state index >= 15 is 0 Å². The molecule has 3 aromatic rings. The van der Waals surface area contributed by atoms with Gasteiger partial charge in [0.25, 0.3) is 5.91 Å². The lowest BCUT2D eigenvalue weighted by molar-refractivity contribution is 0.0938. The number of phenols is 1. The Balaban J connectivity index is 1.43. The molecule has 4 heteroatoms. The molecule has 0 spiro atoms. The van der Waals surface area contributed by atoms with Gasteiger partial charge in [0.2, 0.25) is 0 Å². The molecule has 0 radical (unpaired) electrons. The Morgan fingerprint density at radius 3 is 2.46 bits per heavy atom. The van der Waals surface area contributed by atoms with Crippen LogP contribution >= 0.6 is 0 Å². The zero-order chi connectivity index (χ0) is 19.3. The summed E-state index contributed by atoms with van der Waals surface area (Å²) < 4.78 is 0. The molecule has 28 heavy (non-hydrogen) atoms. The van der Waals surface area contributed by atoms with Crippen molar-refractivity contribution in [3.63, 3.8) is 0 Å². The van der Waals surface area contributed by atoms with E-state index in [0.717, 1.165) is 37.2 Å². The smallest absolute Gasteiger partial charge is 0.252 e. The van der Waals surface area contributed by atoms with Crippen LogP contribution in [0.15, 0.2) is 78.9 Å². The number of phenolic OH excluding ortho intramolecular Hbond substituents is 1. The number of nitrogens with zero attached hydrogens (tertiary/aromatic N) is 1. The van der Waals surface area contributed by atoms with Gasteiger partial charge in [-0.2, -0.15) is 0 Å². The van der Waals surface area contributed by atoms with E-state index in [1.54, 1.807) is 12.1 Å². The van der Waals surface area contributed by atoms with Crippen LogP contribution in [0.25, 0.3) is 11.1 Å². The first-order valence-corrected chi connectivity index (χ1v) is 9.64. The Hall–Kier alpha value is -3.11. The molecule has 1 aliphatic rings. The summed E-state index contributed by atoms with van der Waals surface area (Å²) in [4.78, 5) is 15.3. The first-order valence-electron chi connectivity index (χ1n) is 9.64. The van der Waals surface area contributed by atoms with Gasteiger partial charge >= 0.3 is 0 Å². The van der Waals surface area contributed by atoms with E-state index in [4.69, 9.17) is 0 Å². The fourth-order valence-corrected chi connectivity index (χ4v) is 3.77. The highest BCUT2D eigenvalue weighted by Gasteiger charge is 2.25. The van der Waals surface area contributed by atoms with Crippen molar-refractivity contribution in [1.29, 1.82) is 0 Å². The van der Waals surface area contributed by atoms with Gasteiger partial charge in [0, 0.05) is 31.2 Å². The molecule has 0 aromatic heterocycles. The predicted molar refractivity (Wildman–Crippen MR) is 111 cm³/mol. The Labute approximate surface area is 165 Å². The topological polar surface area (TPSA) is 52.6 Å². The van der Waals surface area contributed by atoms with Gasteiger partial charge in [0.1, 0.15) is 5.75 Å². The molecule has 0 aliphatic carbocycles. The summed E-state index contributed by atoms with van der Waals surface area (Å²) in [6, 6.07) is 25.1. The fourth-order valence-electron chi connectivity index (χ4n) is 3.77. The maximum absolute atomic E-state index is 12.9. The Bertz CT molecular complexity index is 938. The summed E-state index contributed by atoms with van der Waals surface area (Å²) in [5.41, 5.74) is 3.75. The molecule has 1 unspecified atom stereocenters. The van der Waals surface area contributed by atoms with E-state index in [2.05, 4.69) is 34.5 Å². The van der Waals surface area contributed by atoms with Gasteiger partial charge < -0.3 is 10.4 Å². The van der Waals surface area contributed by atoms with Gasteiger partial charge in [-0.15, -0.1) is 0 Å². The van der Waals surface area contributed by atoms with Crippen LogP contribution in [-0.4, -0.2) is 35.0 Å². The lowest BCUT2D eigenvalue weighted by Crippen LogP contribution is -2.37. The summed E-state index contributed by atoms with van der Waals surface area (Å²) in [5, 5.41) is 12.7. The Morgan fingerprint density at radius 1 is 0.964 bits per heavy atom. The number of hydrogen-bond acceptors (Lipinski definition) is 3. The van der Waals surface area contributed by atoms with Crippen LogP contribution in [0, 0.1) is 0 Å². The summed E-state index contributed by atoms with van der Waals surface area (Å²) in [6.45, 7) is 2.76. The van der Waals surface area contributed by atoms with Gasteiger partial charge in [-0.1, -0.05) is 60.7 Å². The molecule has 1 aliphatic heterocycles. The average Bonchev–Trinajstić information content (AvgIpc) is 3.16. The molecule has 4 rings (SSSR count). The summed E-state index contributed by atoms with van der Waals surface area (Å²) in [7, 11) is 0. The average molecular weight is 372 g/mol. The normalized spacial score (nSPS) is 16.8. The molecule has 1 fully saturated rings. The van der Waals surface area contributed by atoms with Crippen LogP contribution in [0.4, 0.5) is 0 Å². The number of aromatic hydroxyl groups is 1. The number of nitrogens with one attached hydrogen (secondary N) is 1. The number of carbonyl (C=O) groups excluding carboxylic acids is 1. The second kappa shape index (κ2) is 8.28. The maximum atomic E-state index is 12.9. The number of rotatable bonds is 5. The molecule has 1 amide bonds. The van der Waals surface area contributed by atoms with Crippen molar-refractivity contribution in [1.82, 2.24) is 10.2 Å². The molecule has 2 N–H and O–H groups in total. The number of carbonyl (C=O) groups is 1. The van der Waals surface area contributed by atoms with Crippen LogP contribution in [0.3, 0.4) is 0 Å². The maximum Gasteiger partial charge on any atom is 0.252 e. The van der Waals surface area contributed by atoms with Crippen LogP contribution in [-0.2, 0) is 6.54 Å². The first-order chi connectivity index (χ1) is 13.7. The number of amides is 1. The van der Waals surface area contributed by atoms with E-state index in [1.807, 2.05) is 42.5 Å². The van der Waals surface area contributed by atoms with Gasteiger partial charge in [0.05, 0.1) is 0 Å². The Morgan fingerprint density at radius 2 is 1.68 bits per heavy atom. The standard InChI is InChI=1S/C24H24N2O2/c27-21-12-10-19(11-13-21)22-8-4-5-9-23(22)24(28)25-20-14-15-26(17-20)16-18-6-2-1-3-7-18/h1-13,20,27H,14-17H2,(H,25,28). The number of hydrogen-bond donors (Lipinski definition) is 2. The quantitative estimate of drug-likeness (QED) is 0.710. The second-order valence-corrected chi connectivity index (χ2v) is 7.27. The summed E-state index contributed by atoms with van der Waals surface area (Å²) in [5.74, 6) is 0.172. The van der Waals surface area contributed by atoms with Crippen molar-refractivity contribution < 1.29 is 9.90 Å². The van der Waals surface area contributed by atoms with E-state index in [1.165, 1.54) is 5.56 Å². The van der Waals surface area contributed by atoms with Crippen LogP contribution in [0.1, 0.15) is 22.3 Å². The zero-order valence-electron chi connectivity index (χ0n) is 15.7. The molecule has 142 valence electrons. The van der Waals surface area contributed by atoms with Crippen LogP contribution in [0.5, 0.6) is 5.75 Å². The third-order valence-electron chi connectivity index (χ3n) is 5.21. The number of benzene rings is 3. The molecule has 1 atom stereocenters. The van der Waals surface area contributed by atoms with Crippen molar-refractivity contribution in [2.75, 3.05) is 13.1 Å². The van der Waals surface area contributed by atoms with Crippen molar-refractivity contribution in [2.45, 2.75) is 19.0 Å². The van der Waals surface area contributed by atoms with Crippen molar-refractivity contribution in [2.24, 2.45) is 0 Å². The minimum Gasteiger partial charge on any atom is -0.508 e. The van der Waals surface area contributed by atoms with Crippen molar-refractivity contribution in [3.05, 3.63) is 90.0 Å². The fraction of sp³-hybridized carbons (Fsp3) is 0.208. The monoisotopic (exact) mass is 372 g/mol. The van der Waals surface area contributed by atoms with Crippen molar-refractivity contribution in [3.8, 4) is 16.9 Å². The van der Waals surface area contributed by atoms with E-state index in [0.29, 0.717) is 5.56 Å². The summed E-state index contributed by atoms with van der Waals surface area (Å²) >= 11 is 0. The summed E-state index contributed by atoms with van der Waals surface area (Å²) in [6.07, 6.45) is 0.958. The van der Waals surface area contributed by atoms with Gasteiger partial charge in [-0.25, -0.2) is 0 Å². The molecule has 1 heterocycles. The van der Waals surface area contributed by atoms with Gasteiger partial charge in [0.15, 0.2) is 0 Å². The molecular weight excluding hydrogens is 348 g/mol. The van der Waals surface area contributed by atoms with Crippen LogP contribution in [0.2, 0.25) is 0 Å². The zero-order valence-corrected chi connectivity index (χ0v) is 15.7. The van der Waals surface area contributed by atoms with E-state index in [9.17, 15) is 9.90 Å². The Kier molecular flexibility index (Phi) is 5.40. The predicted octanol–water partition coefficient (Wildman–Crippen LogP) is 4.06. The van der Waals surface area contributed by atoms with Crippen LogP contribution < -0.4 is 5.32 Å². The molecule has 4 nitrogen and oxygen atoms in total. The third-order valence-corrected chi connectivity index (χ3v) is 5.21. The first kappa shape index (κ1) is 18.3. The second-order valence-electron chi connectivity index (χ2n) is 7.27. The van der Waals surface area contributed by atoms with Gasteiger partial charge in [-0.3, -0.25) is 9.69 Å². The molecule has 3 aromatic carbocycles. The molecule has 1 saturated heterocycles. The molecule has 0 bridgehead atoms. The highest BCUT2D eigenvalue weighted by Crippen LogP contribution is 2.26. The number of likely N-dealkylation sites (tertiary alicyclic amines) is 1. The van der Waals surface area contributed by atoms with Gasteiger partial charge in [-0.05, 0) is 41.3 Å².